The van der Waals surface area contributed by atoms with Crippen LogP contribution in [0.1, 0.15) is 18.9 Å². The summed E-state index contributed by atoms with van der Waals surface area (Å²) < 4.78 is 7.22. The number of hydrogen-bond acceptors (Lipinski definition) is 3. The first kappa shape index (κ1) is 14.8. The van der Waals surface area contributed by atoms with Gasteiger partial charge in [-0.2, -0.15) is 0 Å². The van der Waals surface area contributed by atoms with Crippen molar-refractivity contribution in [3.05, 3.63) is 52.3 Å². The third-order valence-electron chi connectivity index (χ3n) is 3.22. The monoisotopic (exact) mass is 285 g/mol. The van der Waals surface area contributed by atoms with E-state index in [1.807, 2.05) is 31.2 Å². The minimum atomic E-state index is -0.287. The smallest absolute Gasteiger partial charge is 0.261 e. The molecule has 0 aliphatic carbocycles. The lowest BCUT2D eigenvalue weighted by Gasteiger charge is -2.14. The number of nitrogens with two attached hydrogens (primary N) is 1. The van der Waals surface area contributed by atoms with Crippen LogP contribution in [0.25, 0.3) is 11.3 Å². The van der Waals surface area contributed by atoms with Crippen molar-refractivity contribution in [3.8, 4) is 17.0 Å². The maximum absolute atomic E-state index is 12.2. The van der Waals surface area contributed by atoms with Crippen molar-refractivity contribution in [2.45, 2.75) is 13.3 Å². The fourth-order valence-electron chi connectivity index (χ4n) is 2.13. The van der Waals surface area contributed by atoms with Crippen molar-refractivity contribution in [1.29, 1.82) is 5.41 Å². The molecule has 0 unspecified atom stereocenters. The standard InChI is InChI=1S/C16H19N3O2/c1-3-10-21-14-7-5-4-6-11(14)13-9-8-12(15(17)18)16(20)19(13)2/h4-9H,3,10H2,1-2H3,(H3,17,18). The van der Waals surface area contributed by atoms with E-state index in [0.29, 0.717) is 6.61 Å². The van der Waals surface area contributed by atoms with E-state index in [1.165, 1.54) is 4.57 Å². The van der Waals surface area contributed by atoms with Crippen molar-refractivity contribution >= 4 is 5.84 Å². The third-order valence-corrected chi connectivity index (χ3v) is 3.22. The van der Waals surface area contributed by atoms with Crippen LogP contribution in [0.3, 0.4) is 0 Å². The van der Waals surface area contributed by atoms with Gasteiger partial charge in [0.2, 0.25) is 0 Å². The normalized spacial score (nSPS) is 10.4. The molecule has 0 fully saturated rings. The van der Waals surface area contributed by atoms with Crippen LogP contribution in [-0.4, -0.2) is 17.0 Å². The summed E-state index contributed by atoms with van der Waals surface area (Å²) in [6.45, 7) is 2.66. The second-order valence-corrected chi connectivity index (χ2v) is 4.75. The van der Waals surface area contributed by atoms with Crippen molar-refractivity contribution in [1.82, 2.24) is 4.57 Å². The Morgan fingerprint density at radius 3 is 2.67 bits per heavy atom. The molecule has 0 bridgehead atoms. The molecule has 21 heavy (non-hydrogen) atoms. The van der Waals surface area contributed by atoms with Gasteiger partial charge >= 0.3 is 0 Å². The van der Waals surface area contributed by atoms with Crippen molar-refractivity contribution in [2.75, 3.05) is 6.61 Å². The lowest BCUT2D eigenvalue weighted by Crippen LogP contribution is -2.28. The van der Waals surface area contributed by atoms with Crippen LogP contribution in [-0.2, 0) is 7.05 Å². The number of benzene rings is 1. The number of amidine groups is 1. The Kier molecular flexibility index (Phi) is 4.42. The highest BCUT2D eigenvalue weighted by Gasteiger charge is 2.12. The van der Waals surface area contributed by atoms with E-state index in [-0.39, 0.29) is 17.0 Å². The SMILES string of the molecule is CCCOc1ccccc1-c1ccc(C(=N)N)c(=O)n1C. The molecule has 0 aliphatic heterocycles. The Hall–Kier alpha value is -2.56. The Morgan fingerprint density at radius 1 is 1.29 bits per heavy atom. The van der Waals surface area contributed by atoms with E-state index in [0.717, 1.165) is 23.4 Å². The molecule has 0 saturated heterocycles. The molecule has 5 heteroatoms. The number of nitrogen functional groups attached to an aromatic ring is 1. The molecule has 0 amide bonds. The summed E-state index contributed by atoms with van der Waals surface area (Å²) in [6, 6.07) is 11.0. The second-order valence-electron chi connectivity index (χ2n) is 4.75. The van der Waals surface area contributed by atoms with Gasteiger partial charge in [-0.1, -0.05) is 19.1 Å². The number of hydrogen-bond donors (Lipinski definition) is 2. The van der Waals surface area contributed by atoms with Gasteiger partial charge in [0.1, 0.15) is 11.6 Å². The highest BCUT2D eigenvalue weighted by Crippen LogP contribution is 2.28. The number of nitrogens with zero attached hydrogens (tertiary/aromatic N) is 1. The van der Waals surface area contributed by atoms with E-state index in [9.17, 15) is 4.79 Å². The van der Waals surface area contributed by atoms with Gasteiger partial charge in [0, 0.05) is 12.6 Å². The summed E-state index contributed by atoms with van der Waals surface area (Å²) in [6.07, 6.45) is 0.913. The number of rotatable bonds is 5. The Morgan fingerprint density at radius 2 is 2.00 bits per heavy atom. The third kappa shape index (κ3) is 2.97. The van der Waals surface area contributed by atoms with E-state index < -0.39 is 0 Å². The average molecular weight is 285 g/mol. The van der Waals surface area contributed by atoms with Gasteiger partial charge in [0.15, 0.2) is 0 Å². The first-order valence-electron chi connectivity index (χ1n) is 6.83. The van der Waals surface area contributed by atoms with Crippen LogP contribution in [0.15, 0.2) is 41.2 Å². The zero-order chi connectivity index (χ0) is 15.4. The predicted octanol–water partition coefficient (Wildman–Crippen LogP) is 2.13. The van der Waals surface area contributed by atoms with Crippen molar-refractivity contribution in [3.63, 3.8) is 0 Å². The molecule has 5 nitrogen and oxygen atoms in total. The molecule has 2 rings (SSSR count). The molecule has 0 atom stereocenters. The number of pyridine rings is 1. The summed E-state index contributed by atoms with van der Waals surface area (Å²) in [4.78, 5) is 12.2. The summed E-state index contributed by atoms with van der Waals surface area (Å²) in [5.41, 5.74) is 6.91. The second kappa shape index (κ2) is 6.26. The maximum atomic E-state index is 12.2. The highest BCUT2D eigenvalue weighted by molar-refractivity contribution is 5.94. The van der Waals surface area contributed by atoms with Crippen LogP contribution in [0.4, 0.5) is 0 Å². The Labute approximate surface area is 123 Å². The zero-order valence-corrected chi connectivity index (χ0v) is 12.2. The largest absolute Gasteiger partial charge is 0.493 e. The lowest BCUT2D eigenvalue weighted by molar-refractivity contribution is 0.318. The molecular weight excluding hydrogens is 266 g/mol. The van der Waals surface area contributed by atoms with Gasteiger partial charge in [0.05, 0.1) is 17.9 Å². The molecule has 1 aromatic carbocycles. The van der Waals surface area contributed by atoms with Crippen LogP contribution < -0.4 is 16.0 Å². The molecule has 1 heterocycles. The van der Waals surface area contributed by atoms with Crippen LogP contribution in [0.5, 0.6) is 5.75 Å². The van der Waals surface area contributed by atoms with Gasteiger partial charge in [0.25, 0.3) is 5.56 Å². The first-order valence-corrected chi connectivity index (χ1v) is 6.83. The average Bonchev–Trinajstić information content (AvgIpc) is 2.48. The first-order chi connectivity index (χ1) is 10.1. The van der Waals surface area contributed by atoms with E-state index in [2.05, 4.69) is 0 Å². The van der Waals surface area contributed by atoms with Gasteiger partial charge in [-0.25, -0.2) is 0 Å². The number of ether oxygens (including phenoxy) is 1. The van der Waals surface area contributed by atoms with E-state index >= 15 is 0 Å². The predicted molar refractivity (Wildman–Crippen MR) is 83.9 cm³/mol. The maximum Gasteiger partial charge on any atom is 0.261 e. The number of nitrogens with one attached hydrogen (secondary N) is 1. The van der Waals surface area contributed by atoms with E-state index in [4.69, 9.17) is 15.9 Å². The van der Waals surface area contributed by atoms with Gasteiger partial charge < -0.3 is 15.0 Å². The van der Waals surface area contributed by atoms with Gasteiger partial charge in [-0.15, -0.1) is 0 Å². The molecule has 0 saturated carbocycles. The van der Waals surface area contributed by atoms with E-state index in [1.54, 1.807) is 19.2 Å². The molecule has 1 aromatic heterocycles. The van der Waals surface area contributed by atoms with Crippen LogP contribution in [0, 0.1) is 5.41 Å². The fourth-order valence-corrected chi connectivity index (χ4v) is 2.13. The number of aromatic nitrogens is 1. The number of para-hydroxylation sites is 1. The fraction of sp³-hybridized carbons (Fsp3) is 0.250. The topological polar surface area (TPSA) is 81.1 Å². The highest BCUT2D eigenvalue weighted by atomic mass is 16.5. The summed E-state index contributed by atoms with van der Waals surface area (Å²) >= 11 is 0. The summed E-state index contributed by atoms with van der Waals surface area (Å²) in [5, 5.41) is 7.42. The van der Waals surface area contributed by atoms with Gasteiger partial charge in [-0.05, 0) is 30.7 Å². The summed E-state index contributed by atoms with van der Waals surface area (Å²) in [7, 11) is 1.67. The Bertz CT molecular complexity index is 720. The minimum Gasteiger partial charge on any atom is -0.493 e. The molecule has 110 valence electrons. The Balaban J connectivity index is 2.55. The molecule has 3 N–H and O–H groups in total. The lowest BCUT2D eigenvalue weighted by atomic mass is 10.1. The minimum absolute atomic E-state index is 0.202. The summed E-state index contributed by atoms with van der Waals surface area (Å²) in [5.74, 6) is 0.516. The zero-order valence-electron chi connectivity index (χ0n) is 12.2. The molecular formula is C16H19N3O2. The van der Waals surface area contributed by atoms with Crippen molar-refractivity contribution < 1.29 is 4.74 Å². The quantitative estimate of drug-likeness (QED) is 0.652. The molecule has 0 aliphatic rings. The van der Waals surface area contributed by atoms with Gasteiger partial charge in [-0.3, -0.25) is 10.2 Å². The molecule has 0 spiro atoms. The van der Waals surface area contributed by atoms with Crippen LogP contribution in [0.2, 0.25) is 0 Å². The molecule has 2 aromatic rings. The van der Waals surface area contributed by atoms with Crippen LogP contribution >= 0.6 is 0 Å². The molecule has 0 radical (unpaired) electrons. The van der Waals surface area contributed by atoms with Crippen molar-refractivity contribution in [2.24, 2.45) is 12.8 Å².